The number of amides is 1. The van der Waals surface area contributed by atoms with Crippen molar-refractivity contribution in [3.8, 4) is 0 Å². The lowest BCUT2D eigenvalue weighted by Gasteiger charge is -2.31. The molecule has 23 heavy (non-hydrogen) atoms. The summed E-state index contributed by atoms with van der Waals surface area (Å²) in [4.78, 5) is 16.5. The maximum Gasteiger partial charge on any atom is 0.254 e. The molecule has 0 aromatic carbocycles. The first-order chi connectivity index (χ1) is 11.3. The van der Waals surface area contributed by atoms with Crippen molar-refractivity contribution in [1.82, 2.24) is 20.1 Å². The summed E-state index contributed by atoms with van der Waals surface area (Å²) < 4.78 is 13.1. The lowest BCUT2D eigenvalue weighted by atomic mass is 10.1. The van der Waals surface area contributed by atoms with Crippen molar-refractivity contribution in [3.05, 3.63) is 34.5 Å². The van der Waals surface area contributed by atoms with E-state index in [1.165, 1.54) is 11.3 Å². The van der Waals surface area contributed by atoms with E-state index in [9.17, 15) is 4.79 Å². The average Bonchev–Trinajstić information content (AvgIpc) is 3.25. The zero-order chi connectivity index (χ0) is 16.1. The van der Waals surface area contributed by atoms with Gasteiger partial charge in [-0.3, -0.25) is 9.48 Å². The van der Waals surface area contributed by atoms with E-state index in [2.05, 4.69) is 15.4 Å². The van der Waals surface area contributed by atoms with Gasteiger partial charge in [-0.15, -0.1) is 11.3 Å². The topological polar surface area (TPSA) is 78.3 Å². The number of carbonyl (C=O) groups excluding carboxylic acids is 1. The summed E-state index contributed by atoms with van der Waals surface area (Å²) in [6.07, 6.45) is 3.90. The number of hydrogen-bond acceptors (Lipinski definition) is 6. The van der Waals surface area contributed by atoms with E-state index in [0.29, 0.717) is 25.4 Å². The maximum atomic E-state index is 12.3. The summed E-state index contributed by atoms with van der Waals surface area (Å²) in [6, 6.07) is -0.0696. The molecule has 3 heterocycles. The monoisotopic (exact) mass is 336 g/mol. The highest BCUT2D eigenvalue weighted by atomic mass is 32.1. The molecule has 7 nitrogen and oxygen atoms in total. The van der Waals surface area contributed by atoms with Crippen molar-refractivity contribution >= 4 is 17.2 Å². The number of aromatic nitrogens is 3. The molecule has 8 heteroatoms. The van der Waals surface area contributed by atoms with Crippen molar-refractivity contribution in [1.29, 1.82) is 0 Å². The highest BCUT2D eigenvalue weighted by Crippen LogP contribution is 2.15. The first kappa shape index (κ1) is 16.1. The van der Waals surface area contributed by atoms with Crippen molar-refractivity contribution in [2.75, 3.05) is 13.2 Å². The zero-order valence-electron chi connectivity index (χ0n) is 13.0. The van der Waals surface area contributed by atoms with Crippen LogP contribution in [0.25, 0.3) is 0 Å². The Balaban J connectivity index is 1.58. The fourth-order valence-corrected chi connectivity index (χ4v) is 2.99. The van der Waals surface area contributed by atoms with Gasteiger partial charge in [0.1, 0.15) is 6.10 Å². The molecule has 2 atom stereocenters. The minimum Gasteiger partial charge on any atom is -0.379 e. The van der Waals surface area contributed by atoms with Gasteiger partial charge in [0.05, 0.1) is 42.2 Å². The molecule has 0 radical (unpaired) electrons. The molecule has 0 aliphatic carbocycles. The summed E-state index contributed by atoms with van der Waals surface area (Å²) in [7, 11) is 0. The molecule has 1 aliphatic rings. The molecule has 0 saturated carbocycles. The smallest absolute Gasteiger partial charge is 0.254 e. The van der Waals surface area contributed by atoms with Gasteiger partial charge >= 0.3 is 0 Å². The van der Waals surface area contributed by atoms with E-state index in [1.807, 2.05) is 12.3 Å². The lowest BCUT2D eigenvalue weighted by molar-refractivity contribution is -0.0742. The predicted octanol–water partition coefficient (Wildman–Crippen LogP) is 1.46. The number of hydrogen-bond donors (Lipinski definition) is 1. The van der Waals surface area contributed by atoms with Crippen LogP contribution >= 0.6 is 11.3 Å². The molecule has 1 saturated heterocycles. The fourth-order valence-electron chi connectivity index (χ4n) is 2.45. The van der Waals surface area contributed by atoms with Crippen LogP contribution in [0.4, 0.5) is 0 Å². The molecule has 1 fully saturated rings. The molecule has 124 valence electrons. The summed E-state index contributed by atoms with van der Waals surface area (Å²) in [6.45, 7) is 4.25. The minimum atomic E-state index is -0.171. The largest absolute Gasteiger partial charge is 0.379 e. The van der Waals surface area contributed by atoms with Crippen LogP contribution < -0.4 is 5.32 Å². The van der Waals surface area contributed by atoms with Crippen LogP contribution in [0, 0.1) is 0 Å². The number of thiazole rings is 1. The predicted molar refractivity (Wildman–Crippen MR) is 85.3 cm³/mol. The molecule has 1 aliphatic heterocycles. The molecule has 0 unspecified atom stereocenters. The van der Waals surface area contributed by atoms with Gasteiger partial charge in [0, 0.05) is 24.7 Å². The third-order valence-corrected chi connectivity index (χ3v) is 4.40. The number of nitrogens with zero attached hydrogens (tertiary/aromatic N) is 3. The van der Waals surface area contributed by atoms with Crippen LogP contribution in [0.5, 0.6) is 0 Å². The Labute approximate surface area is 138 Å². The number of rotatable bonds is 6. The number of nitrogens with one attached hydrogen (secondary N) is 1. The highest BCUT2D eigenvalue weighted by molar-refractivity contribution is 7.07. The minimum absolute atomic E-state index is 0.0696. The fraction of sp³-hybridized carbons (Fsp3) is 0.533. The summed E-state index contributed by atoms with van der Waals surface area (Å²) in [5.41, 5.74) is 3.24. The lowest BCUT2D eigenvalue weighted by Crippen LogP contribution is -2.49. The van der Waals surface area contributed by atoms with Gasteiger partial charge < -0.3 is 14.8 Å². The SMILES string of the molecule is CCn1cc(C(=O)N[C@@H]2CCOC[C@H]2OCc2cscn2)cn1. The van der Waals surface area contributed by atoms with Crippen molar-refractivity contribution < 1.29 is 14.3 Å². The average molecular weight is 336 g/mol. The second-order valence-corrected chi connectivity index (χ2v) is 6.08. The molecule has 1 amide bonds. The molecule has 2 aromatic rings. The van der Waals surface area contributed by atoms with Crippen LogP contribution in [0.15, 0.2) is 23.3 Å². The highest BCUT2D eigenvalue weighted by Gasteiger charge is 2.28. The first-order valence-corrected chi connectivity index (χ1v) is 8.60. The van der Waals surface area contributed by atoms with Gasteiger partial charge in [0.2, 0.25) is 0 Å². The Morgan fingerprint density at radius 3 is 3.26 bits per heavy atom. The molecule has 3 rings (SSSR count). The first-order valence-electron chi connectivity index (χ1n) is 7.66. The van der Waals surface area contributed by atoms with E-state index in [-0.39, 0.29) is 18.1 Å². The Kier molecular flexibility index (Phi) is 5.37. The summed E-state index contributed by atoms with van der Waals surface area (Å²) in [5.74, 6) is -0.126. The quantitative estimate of drug-likeness (QED) is 0.864. The Hall–Kier alpha value is -1.77. The molecule has 2 aromatic heterocycles. The van der Waals surface area contributed by atoms with Crippen LogP contribution in [0.2, 0.25) is 0 Å². The second-order valence-electron chi connectivity index (χ2n) is 5.36. The second kappa shape index (κ2) is 7.67. The number of carbonyl (C=O) groups is 1. The van der Waals surface area contributed by atoms with Gasteiger partial charge in [0.15, 0.2) is 0 Å². The van der Waals surface area contributed by atoms with Crippen molar-refractivity contribution in [3.63, 3.8) is 0 Å². The van der Waals surface area contributed by atoms with Gasteiger partial charge in [-0.1, -0.05) is 0 Å². The number of ether oxygens (including phenoxy) is 2. The Morgan fingerprint density at radius 1 is 1.61 bits per heavy atom. The molecular weight excluding hydrogens is 316 g/mol. The standard InChI is InChI=1S/C15H20N4O3S/c1-2-19-6-11(5-17-19)15(20)18-13-3-4-21-8-14(13)22-7-12-9-23-10-16-12/h5-6,9-10,13-14H,2-4,7-8H2,1H3,(H,18,20)/t13-,14-/m1/s1. The van der Waals surface area contributed by atoms with Gasteiger partial charge in [-0.2, -0.15) is 5.10 Å². The Morgan fingerprint density at radius 2 is 2.52 bits per heavy atom. The molecule has 0 spiro atoms. The normalized spacial score (nSPS) is 21.3. The third-order valence-electron chi connectivity index (χ3n) is 3.77. The molecule has 0 bridgehead atoms. The Bertz CT molecular complexity index is 628. The van der Waals surface area contributed by atoms with Crippen LogP contribution in [0.1, 0.15) is 29.4 Å². The van der Waals surface area contributed by atoms with E-state index in [0.717, 1.165) is 18.7 Å². The van der Waals surface area contributed by atoms with E-state index < -0.39 is 0 Å². The van der Waals surface area contributed by atoms with E-state index in [4.69, 9.17) is 9.47 Å². The van der Waals surface area contributed by atoms with Crippen LogP contribution in [-0.2, 0) is 22.6 Å². The van der Waals surface area contributed by atoms with E-state index in [1.54, 1.807) is 22.6 Å². The van der Waals surface area contributed by atoms with Crippen LogP contribution in [0.3, 0.4) is 0 Å². The van der Waals surface area contributed by atoms with Gasteiger partial charge in [-0.25, -0.2) is 4.98 Å². The number of aryl methyl sites for hydroxylation is 1. The summed E-state index contributed by atoms with van der Waals surface area (Å²) >= 11 is 1.54. The summed E-state index contributed by atoms with van der Waals surface area (Å²) in [5, 5.41) is 9.12. The van der Waals surface area contributed by atoms with Gasteiger partial charge in [-0.05, 0) is 13.3 Å². The zero-order valence-corrected chi connectivity index (χ0v) is 13.8. The van der Waals surface area contributed by atoms with Crippen molar-refractivity contribution in [2.24, 2.45) is 0 Å². The maximum absolute atomic E-state index is 12.3. The van der Waals surface area contributed by atoms with Gasteiger partial charge in [0.25, 0.3) is 5.91 Å². The molecular formula is C15H20N4O3S. The van der Waals surface area contributed by atoms with Crippen LogP contribution in [-0.4, -0.2) is 46.0 Å². The third kappa shape index (κ3) is 4.15. The molecule has 1 N–H and O–H groups in total. The van der Waals surface area contributed by atoms with E-state index >= 15 is 0 Å². The van der Waals surface area contributed by atoms with Crippen molar-refractivity contribution in [2.45, 2.75) is 38.6 Å².